The maximum Gasteiger partial charge on any atom is 0.308 e. The van der Waals surface area contributed by atoms with Gasteiger partial charge >= 0.3 is 17.9 Å². The molecule has 2 saturated carbocycles. The van der Waals surface area contributed by atoms with Gasteiger partial charge in [-0.1, -0.05) is 6.92 Å². The third-order valence-corrected chi connectivity index (χ3v) is 7.94. The van der Waals surface area contributed by atoms with Crippen molar-refractivity contribution in [1.29, 1.82) is 0 Å². The van der Waals surface area contributed by atoms with Gasteiger partial charge in [0, 0.05) is 37.8 Å². The Morgan fingerprint density at radius 2 is 1.61 bits per heavy atom. The maximum atomic E-state index is 11.9. The van der Waals surface area contributed by atoms with Gasteiger partial charge in [-0.05, 0) is 74.3 Å². The van der Waals surface area contributed by atoms with Crippen LogP contribution >= 0.6 is 0 Å². The molecule has 1 aromatic rings. The molecule has 6 nitrogen and oxygen atoms in total. The first kappa shape index (κ1) is 21.8. The van der Waals surface area contributed by atoms with E-state index >= 15 is 0 Å². The van der Waals surface area contributed by atoms with E-state index in [9.17, 15) is 14.4 Å². The molecule has 3 aliphatic rings. The second kappa shape index (κ2) is 7.95. The van der Waals surface area contributed by atoms with Crippen LogP contribution in [0, 0.1) is 24.2 Å². The van der Waals surface area contributed by atoms with Crippen molar-refractivity contribution in [3.63, 3.8) is 0 Å². The molecule has 0 bridgehead atoms. The predicted molar refractivity (Wildman–Crippen MR) is 114 cm³/mol. The fourth-order valence-corrected chi connectivity index (χ4v) is 6.74. The van der Waals surface area contributed by atoms with Gasteiger partial charge < -0.3 is 14.2 Å². The number of hydrogen-bond acceptors (Lipinski definition) is 6. The molecule has 4 rings (SSSR count). The first-order valence-corrected chi connectivity index (χ1v) is 11.3. The van der Waals surface area contributed by atoms with Gasteiger partial charge in [0.25, 0.3) is 0 Å². The molecule has 5 atom stereocenters. The van der Waals surface area contributed by atoms with Crippen LogP contribution in [-0.2, 0) is 25.5 Å². The quantitative estimate of drug-likeness (QED) is 0.516. The van der Waals surface area contributed by atoms with E-state index in [1.165, 1.54) is 20.8 Å². The third kappa shape index (κ3) is 3.74. The highest BCUT2D eigenvalue weighted by Gasteiger charge is 2.56. The molecule has 0 heterocycles. The number of esters is 3. The van der Waals surface area contributed by atoms with Crippen LogP contribution in [0.15, 0.2) is 6.07 Å². The van der Waals surface area contributed by atoms with Crippen LogP contribution in [0.25, 0.3) is 0 Å². The van der Waals surface area contributed by atoms with Crippen molar-refractivity contribution < 1.29 is 28.6 Å². The van der Waals surface area contributed by atoms with Gasteiger partial charge in [-0.25, -0.2) is 0 Å². The molecule has 0 saturated heterocycles. The van der Waals surface area contributed by atoms with Gasteiger partial charge in [0.2, 0.25) is 0 Å². The number of fused-ring (bicyclic) bond motifs is 5. The van der Waals surface area contributed by atoms with Crippen molar-refractivity contribution in [1.82, 2.24) is 0 Å². The summed E-state index contributed by atoms with van der Waals surface area (Å²) in [5.41, 5.74) is 3.21. The number of carbonyl (C=O) groups is 3. The zero-order chi connectivity index (χ0) is 22.5. The van der Waals surface area contributed by atoms with Crippen LogP contribution in [0.5, 0.6) is 11.5 Å². The fourth-order valence-electron chi connectivity index (χ4n) is 6.74. The lowest BCUT2D eigenvalue weighted by Crippen LogP contribution is -2.45. The number of rotatable bonds is 3. The predicted octanol–water partition coefficient (Wildman–Crippen LogP) is 4.63. The van der Waals surface area contributed by atoms with Gasteiger partial charge in [0.15, 0.2) is 0 Å². The molecule has 0 radical (unpaired) electrons. The van der Waals surface area contributed by atoms with E-state index in [-0.39, 0.29) is 35.3 Å². The molecule has 0 amide bonds. The summed E-state index contributed by atoms with van der Waals surface area (Å²) in [5, 5.41) is 0. The topological polar surface area (TPSA) is 78.9 Å². The minimum Gasteiger partial charge on any atom is -0.462 e. The van der Waals surface area contributed by atoms with E-state index in [4.69, 9.17) is 14.2 Å². The lowest BCUT2D eigenvalue weighted by Gasteiger charge is -2.50. The summed E-state index contributed by atoms with van der Waals surface area (Å²) in [6, 6.07) is 1.71. The lowest BCUT2D eigenvalue weighted by atomic mass is 9.55. The summed E-state index contributed by atoms with van der Waals surface area (Å²) in [4.78, 5) is 35.1. The highest BCUT2D eigenvalue weighted by atomic mass is 16.5. The molecule has 0 aliphatic heterocycles. The zero-order valence-electron chi connectivity index (χ0n) is 19.1. The second-order valence-corrected chi connectivity index (χ2v) is 9.71. The summed E-state index contributed by atoms with van der Waals surface area (Å²) in [5.74, 6) is 1.25. The van der Waals surface area contributed by atoms with Gasteiger partial charge in [-0.2, -0.15) is 0 Å². The summed E-state index contributed by atoms with van der Waals surface area (Å²) >= 11 is 0. The van der Waals surface area contributed by atoms with E-state index in [2.05, 4.69) is 6.92 Å². The van der Waals surface area contributed by atoms with Crippen LogP contribution in [0.4, 0.5) is 0 Å². The number of ether oxygens (including phenoxy) is 3. The Kier molecular flexibility index (Phi) is 5.61. The SMILES string of the molecule is CC(=O)Oc1cc(OC(C)=O)c2c(c1C)CC[C@H]1[C@@H]2CC[C@@]2(C)[C@@H](OC(C)=O)CC[C@H]12. The first-order valence-electron chi connectivity index (χ1n) is 11.3. The normalized spacial score (nSPS) is 31.1. The van der Waals surface area contributed by atoms with E-state index < -0.39 is 0 Å². The average Bonchev–Trinajstić information content (AvgIpc) is 3.00. The van der Waals surface area contributed by atoms with Crippen LogP contribution in [0.3, 0.4) is 0 Å². The standard InChI is InChI=1S/C25H32O6/c1-13-17-6-7-18-19(10-11-25(5)20(18)8-9-23(25)31-16(4)28)24(17)22(30-15(3)27)12-21(13)29-14(2)26/h12,18-20,23H,6-11H2,1-5H3/t18-,19-,20+,23-,25+/m0/s1. The molecular formula is C25H32O6. The number of carbonyl (C=O) groups excluding carboxylic acids is 3. The Hall–Kier alpha value is -2.37. The van der Waals surface area contributed by atoms with Crippen molar-refractivity contribution in [2.75, 3.05) is 0 Å². The highest BCUT2D eigenvalue weighted by molar-refractivity contribution is 5.73. The summed E-state index contributed by atoms with van der Waals surface area (Å²) in [6.45, 7) is 8.53. The number of hydrogen-bond donors (Lipinski definition) is 0. The van der Waals surface area contributed by atoms with E-state index in [1.807, 2.05) is 6.92 Å². The van der Waals surface area contributed by atoms with Crippen molar-refractivity contribution >= 4 is 17.9 Å². The fraction of sp³-hybridized carbons (Fsp3) is 0.640. The third-order valence-electron chi connectivity index (χ3n) is 7.94. The molecule has 0 aromatic heterocycles. The monoisotopic (exact) mass is 428 g/mol. The largest absolute Gasteiger partial charge is 0.462 e. The van der Waals surface area contributed by atoms with Crippen molar-refractivity contribution in [2.45, 2.75) is 85.2 Å². The molecule has 31 heavy (non-hydrogen) atoms. The molecule has 0 N–H and O–H groups in total. The minimum atomic E-state index is -0.388. The van der Waals surface area contributed by atoms with Crippen LogP contribution in [-0.4, -0.2) is 24.0 Å². The van der Waals surface area contributed by atoms with E-state index in [0.717, 1.165) is 55.2 Å². The Morgan fingerprint density at radius 1 is 0.935 bits per heavy atom. The Morgan fingerprint density at radius 3 is 2.26 bits per heavy atom. The van der Waals surface area contributed by atoms with Crippen molar-refractivity contribution in [3.05, 3.63) is 22.8 Å². The molecule has 168 valence electrons. The molecule has 6 heteroatoms. The second-order valence-electron chi connectivity index (χ2n) is 9.71. The maximum absolute atomic E-state index is 11.9. The molecule has 0 spiro atoms. The summed E-state index contributed by atoms with van der Waals surface area (Å²) < 4.78 is 16.8. The van der Waals surface area contributed by atoms with Crippen LogP contribution in [0.1, 0.15) is 82.4 Å². The van der Waals surface area contributed by atoms with Crippen LogP contribution < -0.4 is 9.47 Å². The Balaban J connectivity index is 1.73. The van der Waals surface area contributed by atoms with Crippen molar-refractivity contribution in [3.8, 4) is 11.5 Å². The molecular weight excluding hydrogens is 396 g/mol. The van der Waals surface area contributed by atoms with Gasteiger partial charge in [-0.3, -0.25) is 14.4 Å². The summed E-state index contributed by atoms with van der Waals surface area (Å²) in [6.07, 6.45) is 5.78. The first-order chi connectivity index (χ1) is 14.6. The average molecular weight is 429 g/mol. The van der Waals surface area contributed by atoms with Gasteiger partial charge in [0.05, 0.1) is 0 Å². The highest BCUT2D eigenvalue weighted by Crippen LogP contribution is 2.63. The molecule has 3 aliphatic carbocycles. The van der Waals surface area contributed by atoms with Crippen LogP contribution in [0.2, 0.25) is 0 Å². The zero-order valence-corrected chi connectivity index (χ0v) is 19.1. The molecule has 0 unspecified atom stereocenters. The van der Waals surface area contributed by atoms with Gasteiger partial charge in [-0.15, -0.1) is 0 Å². The minimum absolute atomic E-state index is 0.00133. The Labute approximate surface area is 183 Å². The van der Waals surface area contributed by atoms with Crippen molar-refractivity contribution in [2.24, 2.45) is 17.3 Å². The number of benzene rings is 1. The molecule has 1 aromatic carbocycles. The van der Waals surface area contributed by atoms with Gasteiger partial charge in [0.1, 0.15) is 17.6 Å². The van der Waals surface area contributed by atoms with E-state index in [1.54, 1.807) is 6.07 Å². The summed E-state index contributed by atoms with van der Waals surface area (Å²) in [7, 11) is 0. The Bertz CT molecular complexity index is 934. The van der Waals surface area contributed by atoms with E-state index in [0.29, 0.717) is 23.3 Å². The molecule has 2 fully saturated rings. The lowest BCUT2D eigenvalue weighted by molar-refractivity contribution is -0.154. The smallest absolute Gasteiger partial charge is 0.308 e.